The zero-order valence-corrected chi connectivity index (χ0v) is 7.05. The van der Waals surface area contributed by atoms with Crippen LogP contribution in [-0.4, -0.2) is 25.4 Å². The molecule has 0 unspecified atom stereocenters. The Morgan fingerprint density at radius 3 is 2.64 bits per heavy atom. The van der Waals surface area contributed by atoms with Crippen LogP contribution in [0.5, 0.6) is 0 Å². The molecule has 11 heavy (non-hydrogen) atoms. The molecule has 2 heterocycles. The second-order valence-electron chi connectivity index (χ2n) is 4.09. The summed E-state index contributed by atoms with van der Waals surface area (Å²) in [7, 11) is 2.41. The van der Waals surface area contributed by atoms with Crippen LogP contribution in [0, 0.1) is 5.41 Å². The molecular formula is C8H16BN2. The highest BCUT2D eigenvalue weighted by atomic mass is 15.4. The fourth-order valence-corrected chi connectivity index (χ4v) is 2.24. The summed E-state index contributed by atoms with van der Waals surface area (Å²) in [5.74, 6) is 5.76. The molecule has 3 heteroatoms. The molecule has 0 amide bonds. The number of nitrogens with two attached hydrogens (primary N) is 1. The average molecular weight is 151 g/mol. The summed E-state index contributed by atoms with van der Waals surface area (Å²) >= 11 is 0. The van der Waals surface area contributed by atoms with Crippen LogP contribution >= 0.6 is 0 Å². The Balaban J connectivity index is 1.92. The Morgan fingerprint density at radius 1 is 1.18 bits per heavy atom. The Morgan fingerprint density at radius 2 is 2.00 bits per heavy atom. The van der Waals surface area contributed by atoms with E-state index in [1.807, 2.05) is 5.01 Å². The van der Waals surface area contributed by atoms with E-state index in [4.69, 9.17) is 5.84 Å². The summed E-state index contributed by atoms with van der Waals surface area (Å²) in [6.45, 7) is 2.20. The van der Waals surface area contributed by atoms with Crippen molar-refractivity contribution < 1.29 is 0 Å². The van der Waals surface area contributed by atoms with Gasteiger partial charge in [-0.15, -0.1) is 0 Å². The molecule has 0 atom stereocenters. The van der Waals surface area contributed by atoms with Gasteiger partial charge in [0, 0.05) is 13.1 Å². The van der Waals surface area contributed by atoms with Gasteiger partial charge < -0.3 is 0 Å². The fraction of sp³-hybridized carbons (Fsp3) is 1.00. The molecule has 2 saturated heterocycles. The van der Waals surface area contributed by atoms with E-state index < -0.39 is 0 Å². The molecule has 2 nitrogen and oxygen atoms in total. The Hall–Kier alpha value is -0.0151. The minimum absolute atomic E-state index is 0.689. The molecule has 0 aromatic rings. The summed E-state index contributed by atoms with van der Waals surface area (Å²) in [6.07, 6.45) is 6.71. The topological polar surface area (TPSA) is 29.3 Å². The Bertz CT molecular complexity index is 145. The van der Waals surface area contributed by atoms with E-state index in [1.165, 1.54) is 31.9 Å². The molecule has 2 aliphatic heterocycles. The Kier molecular flexibility index (Phi) is 1.94. The monoisotopic (exact) mass is 151 g/mol. The smallest absolute Gasteiger partial charge is 0.110 e. The van der Waals surface area contributed by atoms with Crippen molar-refractivity contribution in [1.29, 1.82) is 0 Å². The molecule has 61 valence electrons. The van der Waals surface area contributed by atoms with Gasteiger partial charge >= 0.3 is 0 Å². The third-order valence-electron chi connectivity index (χ3n) is 3.24. The van der Waals surface area contributed by atoms with Crippen molar-refractivity contribution in [3.05, 3.63) is 0 Å². The van der Waals surface area contributed by atoms with Gasteiger partial charge in [0.1, 0.15) is 7.28 Å². The highest BCUT2D eigenvalue weighted by molar-refractivity contribution is 6.40. The molecule has 0 aliphatic carbocycles. The zero-order chi connectivity index (χ0) is 7.73. The third-order valence-corrected chi connectivity index (χ3v) is 3.24. The highest BCUT2D eigenvalue weighted by Crippen LogP contribution is 2.45. The summed E-state index contributed by atoms with van der Waals surface area (Å²) in [5, 5.41) is 1.98. The van der Waals surface area contributed by atoms with E-state index in [9.17, 15) is 0 Å². The van der Waals surface area contributed by atoms with Gasteiger partial charge in [-0.1, -0.05) is 12.6 Å². The molecule has 0 aromatic carbocycles. The predicted octanol–water partition coefficient (Wildman–Crippen LogP) is 0.887. The summed E-state index contributed by atoms with van der Waals surface area (Å²) < 4.78 is 0. The first-order chi connectivity index (χ1) is 5.31. The lowest BCUT2D eigenvalue weighted by Crippen LogP contribution is -2.36. The standard InChI is InChI=1S/C8H16BN2/c10-11-4-1-2-8(3-5-11)6-9-7-8/h1-7,10H2. The summed E-state index contributed by atoms with van der Waals surface area (Å²) in [4.78, 5) is 0. The Labute approximate surface area is 69.3 Å². The van der Waals surface area contributed by atoms with Crippen molar-refractivity contribution in [3.63, 3.8) is 0 Å². The van der Waals surface area contributed by atoms with Crippen LogP contribution in [0.1, 0.15) is 19.3 Å². The molecule has 0 aromatic heterocycles. The first-order valence-corrected chi connectivity index (χ1v) is 4.62. The summed E-state index contributed by atoms with van der Waals surface area (Å²) in [6, 6.07) is 0. The van der Waals surface area contributed by atoms with Crippen LogP contribution in [0.25, 0.3) is 0 Å². The molecule has 2 fully saturated rings. The second kappa shape index (κ2) is 2.79. The van der Waals surface area contributed by atoms with Gasteiger partial charge in [-0.3, -0.25) is 5.84 Å². The maximum absolute atomic E-state index is 5.76. The van der Waals surface area contributed by atoms with Gasteiger partial charge in [-0.2, -0.15) is 0 Å². The number of rotatable bonds is 0. The SMILES string of the molecule is NN1CCCC2(C[B]C2)CC1. The lowest BCUT2D eigenvalue weighted by atomic mass is 9.41. The van der Waals surface area contributed by atoms with E-state index in [0.29, 0.717) is 5.41 Å². The quantitative estimate of drug-likeness (QED) is 0.411. The van der Waals surface area contributed by atoms with E-state index >= 15 is 0 Å². The molecule has 1 radical (unpaired) electrons. The maximum atomic E-state index is 5.76. The van der Waals surface area contributed by atoms with Gasteiger partial charge in [0.05, 0.1) is 0 Å². The van der Waals surface area contributed by atoms with Crippen molar-refractivity contribution in [1.82, 2.24) is 5.01 Å². The van der Waals surface area contributed by atoms with Crippen LogP contribution in [0.4, 0.5) is 0 Å². The number of hydrogen-bond donors (Lipinski definition) is 1. The minimum Gasteiger partial charge on any atom is -0.269 e. The van der Waals surface area contributed by atoms with Gasteiger partial charge in [0.25, 0.3) is 0 Å². The van der Waals surface area contributed by atoms with Crippen molar-refractivity contribution in [2.24, 2.45) is 11.3 Å². The largest absolute Gasteiger partial charge is 0.269 e. The molecular weight excluding hydrogens is 135 g/mol. The van der Waals surface area contributed by atoms with Crippen LogP contribution in [0.3, 0.4) is 0 Å². The fourth-order valence-electron chi connectivity index (χ4n) is 2.24. The molecule has 0 saturated carbocycles. The van der Waals surface area contributed by atoms with Gasteiger partial charge in [-0.05, 0) is 24.7 Å². The van der Waals surface area contributed by atoms with Crippen molar-refractivity contribution >= 4 is 7.28 Å². The van der Waals surface area contributed by atoms with Crippen LogP contribution in [0.2, 0.25) is 12.6 Å². The van der Waals surface area contributed by atoms with Crippen LogP contribution < -0.4 is 5.84 Å². The number of hydrazine groups is 1. The second-order valence-corrected chi connectivity index (χ2v) is 4.09. The minimum atomic E-state index is 0.689. The first-order valence-electron chi connectivity index (χ1n) is 4.62. The predicted molar refractivity (Wildman–Crippen MR) is 47.4 cm³/mol. The first kappa shape index (κ1) is 7.62. The van der Waals surface area contributed by atoms with E-state index in [0.717, 1.165) is 13.1 Å². The lowest BCUT2D eigenvalue weighted by Gasteiger charge is -2.41. The molecule has 2 N–H and O–H groups in total. The molecule has 0 bridgehead atoms. The number of nitrogens with zero attached hydrogens (tertiary/aromatic N) is 1. The third kappa shape index (κ3) is 1.45. The zero-order valence-electron chi connectivity index (χ0n) is 7.05. The van der Waals surface area contributed by atoms with Gasteiger partial charge in [-0.25, -0.2) is 5.01 Å². The van der Waals surface area contributed by atoms with Gasteiger partial charge in [0.15, 0.2) is 0 Å². The maximum Gasteiger partial charge on any atom is 0.110 e. The van der Waals surface area contributed by atoms with E-state index in [2.05, 4.69) is 7.28 Å². The normalized spacial score (nSPS) is 30.6. The molecule has 1 spiro atoms. The summed E-state index contributed by atoms with van der Waals surface area (Å²) in [5.41, 5.74) is 0.689. The average Bonchev–Trinajstić information content (AvgIpc) is 2.09. The molecule has 2 rings (SSSR count). The van der Waals surface area contributed by atoms with Crippen LogP contribution in [-0.2, 0) is 0 Å². The van der Waals surface area contributed by atoms with Crippen molar-refractivity contribution in [3.8, 4) is 0 Å². The van der Waals surface area contributed by atoms with E-state index in [-0.39, 0.29) is 0 Å². The van der Waals surface area contributed by atoms with E-state index in [1.54, 1.807) is 0 Å². The molecule has 2 aliphatic rings. The lowest BCUT2D eigenvalue weighted by molar-refractivity contribution is 0.254. The number of hydrogen-bond acceptors (Lipinski definition) is 2. The van der Waals surface area contributed by atoms with Crippen molar-refractivity contribution in [2.75, 3.05) is 13.1 Å². The van der Waals surface area contributed by atoms with Crippen molar-refractivity contribution in [2.45, 2.75) is 31.9 Å². The van der Waals surface area contributed by atoms with Crippen LogP contribution in [0.15, 0.2) is 0 Å². The highest BCUT2D eigenvalue weighted by Gasteiger charge is 2.37. The van der Waals surface area contributed by atoms with Gasteiger partial charge in [0.2, 0.25) is 0 Å².